The Morgan fingerprint density at radius 1 is 1.19 bits per heavy atom. The summed E-state index contributed by atoms with van der Waals surface area (Å²) in [6.07, 6.45) is 7.73. The molecule has 0 saturated carbocycles. The van der Waals surface area contributed by atoms with E-state index in [0.29, 0.717) is 6.04 Å². The molecule has 0 aromatic heterocycles. The Bertz CT molecular complexity index is 410. The van der Waals surface area contributed by atoms with Crippen LogP contribution in [-0.2, 0) is 6.42 Å². The summed E-state index contributed by atoms with van der Waals surface area (Å²) < 4.78 is 0. The Hall–Kier alpha value is -0.860. The van der Waals surface area contributed by atoms with E-state index in [1.165, 1.54) is 49.8 Å². The van der Waals surface area contributed by atoms with Crippen molar-refractivity contribution >= 4 is 0 Å². The zero-order valence-electron chi connectivity index (χ0n) is 14.0. The Morgan fingerprint density at radius 2 is 1.90 bits per heavy atom. The van der Waals surface area contributed by atoms with Gasteiger partial charge in [-0.15, -0.1) is 0 Å². The van der Waals surface area contributed by atoms with Crippen LogP contribution >= 0.6 is 0 Å². The van der Waals surface area contributed by atoms with Crippen LogP contribution in [0.4, 0.5) is 0 Å². The maximum absolute atomic E-state index is 6.58. The van der Waals surface area contributed by atoms with Crippen LogP contribution in [-0.4, -0.2) is 23.5 Å². The van der Waals surface area contributed by atoms with E-state index in [-0.39, 0.29) is 6.04 Å². The molecule has 21 heavy (non-hydrogen) atoms. The van der Waals surface area contributed by atoms with Crippen molar-refractivity contribution in [3.63, 3.8) is 0 Å². The molecule has 2 rings (SSSR count). The molecule has 3 unspecified atom stereocenters. The molecule has 2 heteroatoms. The van der Waals surface area contributed by atoms with Gasteiger partial charge in [0, 0.05) is 18.1 Å². The van der Waals surface area contributed by atoms with Crippen LogP contribution in [0.1, 0.15) is 70.0 Å². The number of benzene rings is 1. The van der Waals surface area contributed by atoms with Crippen molar-refractivity contribution in [3.8, 4) is 0 Å². The van der Waals surface area contributed by atoms with Crippen molar-refractivity contribution < 1.29 is 0 Å². The second kappa shape index (κ2) is 7.95. The van der Waals surface area contributed by atoms with E-state index in [1.807, 2.05) is 0 Å². The van der Waals surface area contributed by atoms with Crippen molar-refractivity contribution in [3.05, 3.63) is 35.4 Å². The minimum absolute atomic E-state index is 0.119. The Labute approximate surface area is 130 Å². The monoisotopic (exact) mass is 288 g/mol. The second-order valence-electron chi connectivity index (χ2n) is 6.54. The van der Waals surface area contributed by atoms with Gasteiger partial charge in [0.1, 0.15) is 0 Å². The van der Waals surface area contributed by atoms with E-state index < -0.39 is 0 Å². The van der Waals surface area contributed by atoms with Crippen molar-refractivity contribution in [2.24, 2.45) is 5.73 Å². The van der Waals surface area contributed by atoms with E-state index in [2.05, 4.69) is 49.9 Å². The summed E-state index contributed by atoms with van der Waals surface area (Å²) in [6.45, 7) is 8.01. The minimum Gasteiger partial charge on any atom is -0.323 e. The molecule has 1 aromatic rings. The lowest BCUT2D eigenvalue weighted by atomic mass is 9.92. The smallest absolute Gasteiger partial charge is 0.0450 e. The molecule has 118 valence electrons. The fraction of sp³-hybridized carbons (Fsp3) is 0.684. The zero-order valence-corrected chi connectivity index (χ0v) is 14.0. The number of hydrogen-bond acceptors (Lipinski definition) is 2. The zero-order chi connectivity index (χ0) is 15.2. The highest BCUT2D eigenvalue weighted by Gasteiger charge is 2.29. The number of rotatable bonds is 6. The van der Waals surface area contributed by atoms with E-state index >= 15 is 0 Å². The second-order valence-corrected chi connectivity index (χ2v) is 6.54. The number of likely N-dealkylation sites (tertiary alicyclic amines) is 1. The van der Waals surface area contributed by atoms with E-state index in [0.717, 1.165) is 12.5 Å². The van der Waals surface area contributed by atoms with Gasteiger partial charge in [0.05, 0.1) is 0 Å². The molecule has 1 aromatic carbocycles. The van der Waals surface area contributed by atoms with Crippen LogP contribution < -0.4 is 5.73 Å². The molecular weight excluding hydrogens is 256 g/mol. The summed E-state index contributed by atoms with van der Waals surface area (Å²) in [7, 11) is 0. The Morgan fingerprint density at radius 3 is 2.52 bits per heavy atom. The van der Waals surface area contributed by atoms with Crippen molar-refractivity contribution in [1.29, 1.82) is 0 Å². The lowest BCUT2D eigenvalue weighted by molar-refractivity contribution is 0.0829. The molecule has 2 N–H and O–H groups in total. The predicted molar refractivity (Wildman–Crippen MR) is 91.5 cm³/mol. The first-order valence-electron chi connectivity index (χ1n) is 8.77. The Kier molecular flexibility index (Phi) is 6.25. The number of nitrogens with zero attached hydrogens (tertiary/aromatic N) is 1. The highest BCUT2D eigenvalue weighted by molar-refractivity contribution is 5.25. The fourth-order valence-corrected chi connectivity index (χ4v) is 3.66. The number of nitrogens with two attached hydrogens (primary N) is 1. The Balaban J connectivity index is 2.06. The van der Waals surface area contributed by atoms with Gasteiger partial charge in [-0.2, -0.15) is 0 Å². The quantitative estimate of drug-likeness (QED) is 0.846. The first kappa shape index (κ1) is 16.5. The topological polar surface area (TPSA) is 29.3 Å². The van der Waals surface area contributed by atoms with Gasteiger partial charge in [0.25, 0.3) is 0 Å². The summed E-state index contributed by atoms with van der Waals surface area (Å²) >= 11 is 0. The molecule has 1 fully saturated rings. The van der Waals surface area contributed by atoms with Gasteiger partial charge >= 0.3 is 0 Å². The van der Waals surface area contributed by atoms with Crippen LogP contribution in [0, 0.1) is 0 Å². The maximum atomic E-state index is 6.58. The highest BCUT2D eigenvalue weighted by Crippen LogP contribution is 2.28. The summed E-state index contributed by atoms with van der Waals surface area (Å²) in [6, 6.07) is 10.2. The summed E-state index contributed by atoms with van der Waals surface area (Å²) in [4.78, 5) is 2.67. The maximum Gasteiger partial charge on any atom is 0.0450 e. The molecule has 1 aliphatic rings. The van der Waals surface area contributed by atoms with Gasteiger partial charge in [0.15, 0.2) is 0 Å². The third-order valence-corrected chi connectivity index (χ3v) is 5.11. The highest BCUT2D eigenvalue weighted by atomic mass is 15.2. The average molecular weight is 288 g/mol. The molecule has 0 bridgehead atoms. The third kappa shape index (κ3) is 4.08. The summed E-state index contributed by atoms with van der Waals surface area (Å²) in [5.41, 5.74) is 9.25. The molecule has 0 spiro atoms. The lowest BCUT2D eigenvalue weighted by Crippen LogP contribution is -2.49. The first-order chi connectivity index (χ1) is 10.2. The van der Waals surface area contributed by atoms with Crippen LogP contribution in [0.2, 0.25) is 0 Å². The molecule has 1 aliphatic heterocycles. The van der Waals surface area contributed by atoms with Gasteiger partial charge in [0.2, 0.25) is 0 Å². The van der Waals surface area contributed by atoms with Gasteiger partial charge in [-0.1, -0.05) is 51.0 Å². The van der Waals surface area contributed by atoms with E-state index in [1.54, 1.807) is 0 Å². The molecule has 0 radical (unpaired) electrons. The standard InChI is InChI=1S/C19H32N2/c1-4-8-18-9-6-7-14-21(18)15(3)19(20)17-12-10-16(5-2)11-13-17/h10-13,15,18-19H,4-9,14,20H2,1-3H3. The molecule has 0 aliphatic carbocycles. The number of hydrogen-bond donors (Lipinski definition) is 1. The molecule has 2 nitrogen and oxygen atoms in total. The van der Waals surface area contributed by atoms with Crippen molar-refractivity contribution in [2.75, 3.05) is 6.54 Å². The van der Waals surface area contributed by atoms with Gasteiger partial charge in [-0.3, -0.25) is 4.90 Å². The largest absolute Gasteiger partial charge is 0.323 e. The first-order valence-corrected chi connectivity index (χ1v) is 8.77. The van der Waals surface area contributed by atoms with E-state index in [4.69, 9.17) is 5.73 Å². The van der Waals surface area contributed by atoms with Crippen LogP contribution in [0.15, 0.2) is 24.3 Å². The van der Waals surface area contributed by atoms with Gasteiger partial charge in [-0.05, 0) is 50.3 Å². The minimum atomic E-state index is 0.119. The molecule has 1 heterocycles. The molecular formula is C19H32N2. The normalized spacial score (nSPS) is 23.0. The van der Waals surface area contributed by atoms with Crippen molar-refractivity contribution in [2.45, 2.75) is 77.4 Å². The molecule has 0 amide bonds. The molecule has 1 saturated heterocycles. The number of piperidine rings is 1. The SMILES string of the molecule is CCCC1CCCCN1C(C)C(N)c1ccc(CC)cc1. The van der Waals surface area contributed by atoms with Crippen molar-refractivity contribution in [1.82, 2.24) is 4.90 Å². The van der Waals surface area contributed by atoms with Gasteiger partial charge < -0.3 is 5.73 Å². The number of aryl methyl sites for hydroxylation is 1. The van der Waals surface area contributed by atoms with E-state index in [9.17, 15) is 0 Å². The summed E-state index contributed by atoms with van der Waals surface area (Å²) in [5, 5.41) is 0. The van der Waals surface area contributed by atoms with Crippen LogP contribution in [0.3, 0.4) is 0 Å². The molecule has 3 atom stereocenters. The lowest BCUT2D eigenvalue weighted by Gasteiger charge is -2.42. The third-order valence-electron chi connectivity index (χ3n) is 5.11. The van der Waals surface area contributed by atoms with Gasteiger partial charge in [-0.25, -0.2) is 0 Å². The summed E-state index contributed by atoms with van der Waals surface area (Å²) in [5.74, 6) is 0. The fourth-order valence-electron chi connectivity index (χ4n) is 3.66. The average Bonchev–Trinajstić information content (AvgIpc) is 2.54. The predicted octanol–water partition coefficient (Wildman–Crippen LogP) is 4.29. The van der Waals surface area contributed by atoms with Crippen LogP contribution in [0.25, 0.3) is 0 Å². The van der Waals surface area contributed by atoms with Crippen LogP contribution in [0.5, 0.6) is 0 Å².